The molecule has 0 atom stereocenters. The lowest BCUT2D eigenvalue weighted by Gasteiger charge is -2.05. The van der Waals surface area contributed by atoms with Crippen molar-refractivity contribution in [1.29, 1.82) is 0 Å². The fourth-order valence-corrected chi connectivity index (χ4v) is 3.21. The Kier molecular flexibility index (Phi) is 5.57. The summed E-state index contributed by atoms with van der Waals surface area (Å²) in [5.74, 6) is -1.18. The highest BCUT2D eigenvalue weighted by molar-refractivity contribution is 7.15. The fourth-order valence-electron chi connectivity index (χ4n) is 2.35. The molecule has 2 N–H and O–H groups in total. The van der Waals surface area contributed by atoms with Gasteiger partial charge in [-0.05, 0) is 18.6 Å². The van der Waals surface area contributed by atoms with Gasteiger partial charge in [-0.15, -0.1) is 16.4 Å². The number of carbonyl (C=O) groups is 2. The summed E-state index contributed by atoms with van der Waals surface area (Å²) < 4.78 is 15.0. The molecule has 0 radical (unpaired) electrons. The first kappa shape index (κ1) is 18.0. The van der Waals surface area contributed by atoms with Gasteiger partial charge in [0.25, 0.3) is 0 Å². The Hall–Kier alpha value is -2.81. The van der Waals surface area contributed by atoms with E-state index in [1.165, 1.54) is 23.5 Å². The second-order valence-corrected chi connectivity index (χ2v) is 6.47. The maximum absolute atomic E-state index is 13.4. The molecule has 0 saturated heterocycles. The lowest BCUT2D eigenvalue weighted by atomic mass is 10.2. The first-order chi connectivity index (χ1) is 12.6. The van der Waals surface area contributed by atoms with Crippen molar-refractivity contribution in [2.75, 3.05) is 13.1 Å². The Morgan fingerprint density at radius 1 is 1.23 bits per heavy atom. The molecule has 2 heterocycles. The van der Waals surface area contributed by atoms with Gasteiger partial charge in [-0.25, -0.2) is 8.91 Å². The van der Waals surface area contributed by atoms with Crippen LogP contribution in [0.4, 0.5) is 4.39 Å². The van der Waals surface area contributed by atoms with Crippen LogP contribution < -0.4 is 10.6 Å². The summed E-state index contributed by atoms with van der Waals surface area (Å²) in [5, 5.41) is 11.4. The van der Waals surface area contributed by atoms with Gasteiger partial charge in [0.15, 0.2) is 5.82 Å². The summed E-state index contributed by atoms with van der Waals surface area (Å²) in [7, 11) is 0. The Labute approximate surface area is 153 Å². The maximum atomic E-state index is 13.4. The van der Waals surface area contributed by atoms with Crippen LogP contribution in [0, 0.1) is 5.82 Å². The van der Waals surface area contributed by atoms with Gasteiger partial charge in [0, 0.05) is 30.5 Å². The highest BCUT2D eigenvalue weighted by Gasteiger charge is 2.14. The van der Waals surface area contributed by atoms with E-state index in [9.17, 15) is 14.0 Å². The van der Waals surface area contributed by atoms with Crippen LogP contribution >= 0.6 is 11.3 Å². The molecule has 2 amide bonds. The topological polar surface area (TPSA) is 88.4 Å². The number of hydrogen-bond acceptors (Lipinski definition) is 5. The van der Waals surface area contributed by atoms with Crippen molar-refractivity contribution in [3.63, 3.8) is 0 Å². The van der Waals surface area contributed by atoms with Crippen molar-refractivity contribution >= 4 is 28.1 Å². The molecule has 1 aromatic carbocycles. The van der Waals surface area contributed by atoms with E-state index in [4.69, 9.17) is 0 Å². The van der Waals surface area contributed by atoms with E-state index >= 15 is 0 Å². The largest absolute Gasteiger partial charge is 0.348 e. The Morgan fingerprint density at radius 2 is 2.00 bits per heavy atom. The zero-order valence-corrected chi connectivity index (χ0v) is 15.0. The predicted molar refractivity (Wildman–Crippen MR) is 96.3 cm³/mol. The van der Waals surface area contributed by atoms with Crippen LogP contribution in [0.2, 0.25) is 0 Å². The van der Waals surface area contributed by atoms with Gasteiger partial charge in [-0.1, -0.05) is 19.1 Å². The second-order valence-electron chi connectivity index (χ2n) is 5.63. The zero-order chi connectivity index (χ0) is 18.5. The van der Waals surface area contributed by atoms with Gasteiger partial charge in [0.1, 0.15) is 5.82 Å². The number of nitrogens with zero attached hydrogens (tertiary/aromatic N) is 3. The van der Waals surface area contributed by atoms with Crippen molar-refractivity contribution in [1.82, 2.24) is 25.2 Å². The minimum Gasteiger partial charge on any atom is -0.348 e. The van der Waals surface area contributed by atoms with E-state index in [0.717, 1.165) is 12.1 Å². The number of rotatable bonds is 6. The molecular weight excluding hydrogens is 357 g/mol. The van der Waals surface area contributed by atoms with E-state index < -0.39 is 11.8 Å². The molecule has 0 fully saturated rings. The number of benzene rings is 1. The smallest absolute Gasteiger partial charge is 0.309 e. The van der Waals surface area contributed by atoms with Crippen molar-refractivity contribution in [3.8, 4) is 11.4 Å². The summed E-state index contributed by atoms with van der Waals surface area (Å²) in [5.41, 5.74) is 1.46. The molecule has 3 rings (SSSR count). The molecule has 0 aliphatic rings. The van der Waals surface area contributed by atoms with Crippen LogP contribution in [0.25, 0.3) is 16.3 Å². The molecule has 26 heavy (non-hydrogen) atoms. The van der Waals surface area contributed by atoms with Gasteiger partial charge in [-0.2, -0.15) is 4.98 Å². The molecule has 0 bridgehead atoms. The second kappa shape index (κ2) is 8.05. The monoisotopic (exact) mass is 375 g/mol. The van der Waals surface area contributed by atoms with Gasteiger partial charge in [0.2, 0.25) is 4.96 Å². The lowest BCUT2D eigenvalue weighted by Crippen LogP contribution is -2.40. The number of amides is 2. The van der Waals surface area contributed by atoms with Crippen LogP contribution in [-0.2, 0) is 16.0 Å². The average Bonchev–Trinajstić information content (AvgIpc) is 3.21. The number of fused-ring (bicyclic) bond motifs is 1. The number of carbonyl (C=O) groups excluding carboxylic acids is 2. The maximum Gasteiger partial charge on any atom is 0.309 e. The van der Waals surface area contributed by atoms with Crippen molar-refractivity contribution < 1.29 is 14.0 Å². The molecule has 2 aromatic heterocycles. The highest BCUT2D eigenvalue weighted by Crippen LogP contribution is 2.21. The highest BCUT2D eigenvalue weighted by atomic mass is 32.1. The summed E-state index contributed by atoms with van der Waals surface area (Å²) in [6.45, 7) is 2.69. The van der Waals surface area contributed by atoms with E-state index in [1.807, 2.05) is 12.3 Å². The van der Waals surface area contributed by atoms with E-state index in [-0.39, 0.29) is 5.82 Å². The summed E-state index contributed by atoms with van der Waals surface area (Å²) in [4.78, 5) is 28.3. The molecule has 0 spiro atoms. The first-order valence-electron chi connectivity index (χ1n) is 8.23. The number of thiazole rings is 1. The van der Waals surface area contributed by atoms with Crippen LogP contribution in [0.1, 0.15) is 19.0 Å². The van der Waals surface area contributed by atoms with Crippen molar-refractivity contribution in [2.45, 2.75) is 19.8 Å². The number of nitrogens with one attached hydrogen (secondary N) is 2. The number of aromatic nitrogens is 3. The zero-order valence-electron chi connectivity index (χ0n) is 14.2. The minimum atomic E-state index is -0.649. The van der Waals surface area contributed by atoms with Crippen LogP contribution in [0.5, 0.6) is 0 Å². The predicted octanol–water partition coefficient (Wildman–Crippen LogP) is 1.78. The molecule has 7 nitrogen and oxygen atoms in total. The lowest BCUT2D eigenvalue weighted by molar-refractivity contribution is -0.139. The van der Waals surface area contributed by atoms with Gasteiger partial charge >= 0.3 is 11.8 Å². The van der Waals surface area contributed by atoms with Crippen LogP contribution in [0.3, 0.4) is 0 Å². The van der Waals surface area contributed by atoms with Crippen LogP contribution in [-0.4, -0.2) is 39.5 Å². The molecule has 9 heteroatoms. The van der Waals surface area contributed by atoms with Crippen molar-refractivity contribution in [2.24, 2.45) is 0 Å². The quantitative estimate of drug-likeness (QED) is 0.643. The molecule has 0 unspecified atom stereocenters. The summed E-state index contributed by atoms with van der Waals surface area (Å²) in [6, 6.07) is 6.11. The number of halogens is 1. The molecule has 0 aliphatic heterocycles. The standard InChI is InChI=1S/C17H18FN5O2S/c1-2-7-19-15(24)16(25)20-8-6-13-10-26-17-21-14(22-23(13)17)11-4-3-5-12(18)9-11/h3-5,9-10H,2,6-8H2,1H3,(H,19,24)(H,20,25). The van der Waals surface area contributed by atoms with Gasteiger partial charge in [0.05, 0.1) is 5.69 Å². The Morgan fingerprint density at radius 3 is 2.73 bits per heavy atom. The summed E-state index contributed by atoms with van der Waals surface area (Å²) in [6.07, 6.45) is 1.27. The minimum absolute atomic E-state index is 0.305. The third-order valence-corrected chi connectivity index (χ3v) is 4.51. The molecule has 3 aromatic rings. The van der Waals surface area contributed by atoms with Gasteiger partial charge in [-0.3, -0.25) is 9.59 Å². The first-order valence-corrected chi connectivity index (χ1v) is 9.11. The van der Waals surface area contributed by atoms with Crippen LogP contribution in [0.15, 0.2) is 29.6 Å². The Bertz CT molecular complexity index is 936. The summed E-state index contributed by atoms with van der Waals surface area (Å²) >= 11 is 1.41. The fraction of sp³-hybridized carbons (Fsp3) is 0.294. The SMILES string of the molecule is CCCNC(=O)C(=O)NCCc1csc2nc(-c3cccc(F)c3)nn12. The average molecular weight is 375 g/mol. The van der Waals surface area contributed by atoms with E-state index in [1.54, 1.807) is 16.6 Å². The molecule has 136 valence electrons. The van der Waals surface area contributed by atoms with E-state index in [0.29, 0.717) is 35.9 Å². The van der Waals surface area contributed by atoms with Crippen molar-refractivity contribution in [3.05, 3.63) is 41.2 Å². The third-order valence-electron chi connectivity index (χ3n) is 3.64. The van der Waals surface area contributed by atoms with E-state index in [2.05, 4.69) is 20.7 Å². The molecule has 0 aliphatic carbocycles. The van der Waals surface area contributed by atoms with Gasteiger partial charge < -0.3 is 10.6 Å². The normalized spacial score (nSPS) is 10.8. The molecular formula is C17H18FN5O2S. The Balaban J connectivity index is 1.64. The molecule has 0 saturated carbocycles. The number of hydrogen-bond donors (Lipinski definition) is 2. The third kappa shape index (κ3) is 4.05.